The molecule has 102 valence electrons. The largest absolute Gasteiger partial charge is 0.310 e. The summed E-state index contributed by atoms with van der Waals surface area (Å²) in [6.07, 6.45) is 4.65. The number of nitrogens with one attached hydrogen (secondary N) is 1. The van der Waals surface area contributed by atoms with Gasteiger partial charge in [-0.25, -0.2) is 9.97 Å². The summed E-state index contributed by atoms with van der Waals surface area (Å²) < 4.78 is 1.34. The van der Waals surface area contributed by atoms with Crippen LogP contribution in [0.15, 0.2) is 42.0 Å². The molecule has 1 N–H and O–H groups in total. The molecule has 2 aromatic heterocycles. The van der Waals surface area contributed by atoms with Crippen molar-refractivity contribution in [2.24, 2.45) is 0 Å². The number of aromatic nitrogens is 2. The minimum absolute atomic E-state index is 0.147. The van der Waals surface area contributed by atoms with Crippen molar-refractivity contribution in [2.75, 3.05) is 7.05 Å². The second kappa shape index (κ2) is 5.69. The first-order valence-electron chi connectivity index (χ1n) is 6.69. The van der Waals surface area contributed by atoms with E-state index in [0.29, 0.717) is 0 Å². The number of nitrogens with zero attached hydrogens (tertiary/aromatic N) is 2. The molecule has 0 bridgehead atoms. The fourth-order valence-corrected chi connectivity index (χ4v) is 3.29. The normalized spacial score (nSPS) is 12.7. The number of hydrogen-bond acceptors (Lipinski definition) is 4. The molecule has 0 spiro atoms. The zero-order chi connectivity index (χ0) is 13.9. The van der Waals surface area contributed by atoms with Crippen LogP contribution in [0.1, 0.15) is 23.0 Å². The van der Waals surface area contributed by atoms with Gasteiger partial charge in [0, 0.05) is 17.1 Å². The standard InChI is InChI=1S/C16H17N3S/c1-11-8-18-16(19-9-11)14(17-2)7-12-10-20-15-6-4-3-5-13(12)15/h3-6,8-10,14,17H,7H2,1-2H3. The van der Waals surface area contributed by atoms with Crippen molar-refractivity contribution in [1.29, 1.82) is 0 Å². The Hall–Kier alpha value is -1.78. The molecule has 1 unspecified atom stereocenters. The van der Waals surface area contributed by atoms with Crippen LogP contribution in [0.2, 0.25) is 0 Å². The van der Waals surface area contributed by atoms with Crippen molar-refractivity contribution in [2.45, 2.75) is 19.4 Å². The molecule has 1 atom stereocenters. The van der Waals surface area contributed by atoms with Gasteiger partial charge in [0.1, 0.15) is 5.82 Å². The molecule has 3 nitrogen and oxygen atoms in total. The lowest BCUT2D eigenvalue weighted by Crippen LogP contribution is -2.21. The molecule has 3 aromatic rings. The predicted octanol–water partition coefficient (Wildman–Crippen LogP) is 3.50. The summed E-state index contributed by atoms with van der Waals surface area (Å²) in [6, 6.07) is 8.68. The van der Waals surface area contributed by atoms with E-state index in [1.165, 1.54) is 15.6 Å². The molecule has 2 heterocycles. The molecule has 0 amide bonds. The van der Waals surface area contributed by atoms with Crippen molar-refractivity contribution in [3.8, 4) is 0 Å². The maximum atomic E-state index is 4.44. The summed E-state index contributed by atoms with van der Waals surface area (Å²) in [5.74, 6) is 0.855. The topological polar surface area (TPSA) is 37.8 Å². The molecule has 0 saturated heterocycles. The van der Waals surface area contributed by atoms with Crippen LogP contribution in [0.4, 0.5) is 0 Å². The van der Waals surface area contributed by atoms with E-state index in [4.69, 9.17) is 0 Å². The van der Waals surface area contributed by atoms with E-state index in [1.807, 2.05) is 26.4 Å². The Morgan fingerprint density at radius 2 is 1.95 bits per heavy atom. The van der Waals surface area contributed by atoms with Gasteiger partial charge in [-0.05, 0) is 48.4 Å². The molecule has 0 aliphatic rings. The molecular weight excluding hydrogens is 266 g/mol. The first-order valence-corrected chi connectivity index (χ1v) is 7.57. The van der Waals surface area contributed by atoms with Crippen LogP contribution in [0, 0.1) is 6.92 Å². The molecule has 0 saturated carbocycles. The number of benzene rings is 1. The average Bonchev–Trinajstić information content (AvgIpc) is 2.89. The number of rotatable bonds is 4. The van der Waals surface area contributed by atoms with Crippen LogP contribution in [0.25, 0.3) is 10.1 Å². The van der Waals surface area contributed by atoms with Gasteiger partial charge in [0.05, 0.1) is 6.04 Å². The van der Waals surface area contributed by atoms with E-state index in [0.717, 1.165) is 17.8 Å². The molecule has 0 fully saturated rings. The van der Waals surface area contributed by atoms with Crippen LogP contribution in [-0.2, 0) is 6.42 Å². The van der Waals surface area contributed by atoms with Gasteiger partial charge in [-0.2, -0.15) is 0 Å². The van der Waals surface area contributed by atoms with Gasteiger partial charge in [0.25, 0.3) is 0 Å². The molecule has 20 heavy (non-hydrogen) atoms. The highest BCUT2D eigenvalue weighted by atomic mass is 32.1. The Bertz CT molecular complexity index is 703. The summed E-state index contributed by atoms with van der Waals surface area (Å²) >= 11 is 1.80. The van der Waals surface area contributed by atoms with Gasteiger partial charge in [-0.3, -0.25) is 0 Å². The molecule has 1 aromatic carbocycles. The lowest BCUT2D eigenvalue weighted by Gasteiger charge is -2.14. The first-order chi connectivity index (χ1) is 9.78. The smallest absolute Gasteiger partial charge is 0.145 e. The van der Waals surface area contributed by atoms with Crippen LogP contribution in [-0.4, -0.2) is 17.0 Å². The summed E-state index contributed by atoms with van der Waals surface area (Å²) in [6.45, 7) is 2.00. The Morgan fingerprint density at radius 3 is 2.70 bits per heavy atom. The second-order valence-corrected chi connectivity index (χ2v) is 5.83. The van der Waals surface area contributed by atoms with Gasteiger partial charge in [-0.15, -0.1) is 11.3 Å². The van der Waals surface area contributed by atoms with Gasteiger partial charge in [0.2, 0.25) is 0 Å². The maximum Gasteiger partial charge on any atom is 0.145 e. The fourth-order valence-electron chi connectivity index (χ4n) is 2.32. The van der Waals surface area contributed by atoms with E-state index < -0.39 is 0 Å². The zero-order valence-corrected chi connectivity index (χ0v) is 12.4. The van der Waals surface area contributed by atoms with Gasteiger partial charge in [-0.1, -0.05) is 18.2 Å². The molecule has 3 rings (SSSR count). The number of likely N-dealkylation sites (N-methyl/N-ethyl adjacent to an activating group) is 1. The molecular formula is C16H17N3S. The van der Waals surface area contributed by atoms with E-state index in [2.05, 4.69) is 44.9 Å². The zero-order valence-electron chi connectivity index (χ0n) is 11.6. The van der Waals surface area contributed by atoms with E-state index in [1.54, 1.807) is 11.3 Å². The van der Waals surface area contributed by atoms with E-state index in [-0.39, 0.29) is 6.04 Å². The van der Waals surface area contributed by atoms with Crippen molar-refractivity contribution in [3.05, 3.63) is 59.0 Å². The number of aryl methyl sites for hydroxylation is 1. The average molecular weight is 283 g/mol. The lowest BCUT2D eigenvalue weighted by atomic mass is 10.0. The van der Waals surface area contributed by atoms with Crippen LogP contribution < -0.4 is 5.32 Å². The highest BCUT2D eigenvalue weighted by Gasteiger charge is 2.15. The molecule has 0 aliphatic carbocycles. The Morgan fingerprint density at radius 1 is 1.20 bits per heavy atom. The number of fused-ring (bicyclic) bond motifs is 1. The van der Waals surface area contributed by atoms with Crippen LogP contribution in [0.5, 0.6) is 0 Å². The van der Waals surface area contributed by atoms with Crippen molar-refractivity contribution in [3.63, 3.8) is 0 Å². The summed E-state index contributed by atoms with van der Waals surface area (Å²) in [5, 5.41) is 6.90. The van der Waals surface area contributed by atoms with Gasteiger partial charge < -0.3 is 5.32 Å². The SMILES string of the molecule is CNC(Cc1csc2ccccc12)c1ncc(C)cn1. The highest BCUT2D eigenvalue weighted by Crippen LogP contribution is 2.28. The third kappa shape index (κ3) is 2.57. The quantitative estimate of drug-likeness (QED) is 0.796. The summed E-state index contributed by atoms with van der Waals surface area (Å²) in [5.41, 5.74) is 2.44. The third-order valence-electron chi connectivity index (χ3n) is 3.45. The minimum atomic E-state index is 0.147. The number of thiophene rings is 1. The molecule has 0 radical (unpaired) electrons. The monoisotopic (exact) mass is 283 g/mol. The van der Waals surface area contributed by atoms with E-state index >= 15 is 0 Å². The van der Waals surface area contributed by atoms with Crippen LogP contribution >= 0.6 is 11.3 Å². The van der Waals surface area contributed by atoms with Gasteiger partial charge in [0.15, 0.2) is 0 Å². The second-order valence-electron chi connectivity index (χ2n) is 4.92. The van der Waals surface area contributed by atoms with E-state index in [9.17, 15) is 0 Å². The Balaban J connectivity index is 1.89. The maximum absolute atomic E-state index is 4.44. The Kier molecular flexibility index (Phi) is 3.76. The summed E-state index contributed by atoms with van der Waals surface area (Å²) in [7, 11) is 1.96. The molecule has 4 heteroatoms. The van der Waals surface area contributed by atoms with Crippen molar-refractivity contribution in [1.82, 2.24) is 15.3 Å². The molecule has 0 aliphatic heterocycles. The van der Waals surface area contributed by atoms with Crippen LogP contribution in [0.3, 0.4) is 0 Å². The number of hydrogen-bond donors (Lipinski definition) is 1. The van der Waals surface area contributed by atoms with Crippen molar-refractivity contribution >= 4 is 21.4 Å². The Labute approximate surface area is 122 Å². The van der Waals surface area contributed by atoms with Crippen molar-refractivity contribution < 1.29 is 0 Å². The third-order valence-corrected chi connectivity index (χ3v) is 4.46. The van der Waals surface area contributed by atoms with Gasteiger partial charge >= 0.3 is 0 Å². The first kappa shape index (κ1) is 13.2. The summed E-state index contributed by atoms with van der Waals surface area (Å²) in [4.78, 5) is 8.88. The highest BCUT2D eigenvalue weighted by molar-refractivity contribution is 7.17. The minimum Gasteiger partial charge on any atom is -0.310 e. The predicted molar refractivity (Wildman–Crippen MR) is 84.1 cm³/mol. The lowest BCUT2D eigenvalue weighted by molar-refractivity contribution is 0.558. The fraction of sp³-hybridized carbons (Fsp3) is 0.250.